The molecule has 4 aromatic rings. The summed E-state index contributed by atoms with van der Waals surface area (Å²) in [4.78, 5) is 8.68. The number of pyridine rings is 1. The maximum Gasteiger partial charge on any atom is 0.320 e. The van der Waals surface area contributed by atoms with Gasteiger partial charge in [-0.1, -0.05) is 46.8 Å². The lowest BCUT2D eigenvalue weighted by Gasteiger charge is -2.16. The van der Waals surface area contributed by atoms with Crippen molar-refractivity contribution in [1.29, 1.82) is 5.26 Å². The Balaban J connectivity index is 1.79. The lowest BCUT2D eigenvalue weighted by atomic mass is 9.98. The van der Waals surface area contributed by atoms with Crippen LogP contribution in [0, 0.1) is 11.3 Å². The van der Waals surface area contributed by atoms with E-state index in [2.05, 4.69) is 16.3 Å². The Morgan fingerprint density at radius 1 is 1.14 bits per heavy atom. The first-order valence-electron chi connectivity index (χ1n) is 11.0. The van der Waals surface area contributed by atoms with Crippen LogP contribution in [0.2, 0.25) is 0 Å². The fourth-order valence-electron chi connectivity index (χ4n) is 3.48. The highest BCUT2D eigenvalue weighted by atomic mass is 32.2. The van der Waals surface area contributed by atoms with Crippen molar-refractivity contribution in [2.75, 3.05) is 20.0 Å². The van der Waals surface area contributed by atoms with Crippen LogP contribution in [-0.2, 0) is 6.54 Å². The Hall–Kier alpha value is -4.36. The molecule has 0 aliphatic heterocycles. The zero-order chi connectivity index (χ0) is 25.5. The third kappa shape index (κ3) is 5.47. The molecule has 0 bridgehead atoms. The second-order valence-electron chi connectivity index (χ2n) is 7.47. The van der Waals surface area contributed by atoms with Crippen LogP contribution >= 0.6 is 11.8 Å². The molecule has 0 saturated carbocycles. The number of aromatic nitrogens is 3. The fourth-order valence-corrected chi connectivity index (χ4v) is 4.27. The minimum absolute atomic E-state index is 0.0402. The van der Waals surface area contributed by atoms with Crippen molar-refractivity contribution in [3.05, 3.63) is 66.4 Å². The molecule has 0 amide bonds. The second-order valence-corrected chi connectivity index (χ2v) is 8.43. The largest absolute Gasteiger partial charge is 0.861 e. The number of benzene rings is 2. The lowest BCUT2D eigenvalue weighted by Crippen LogP contribution is -2.32. The molecule has 0 spiro atoms. The molecule has 0 fully saturated rings. The van der Waals surface area contributed by atoms with Gasteiger partial charge in [0.05, 0.1) is 25.5 Å². The summed E-state index contributed by atoms with van der Waals surface area (Å²) in [6.07, 6.45) is 1.55. The molecule has 182 valence electrons. The van der Waals surface area contributed by atoms with Gasteiger partial charge in [-0.25, -0.2) is 9.98 Å². The molecule has 10 heteroatoms. The molecule has 2 aromatic carbocycles. The number of methoxy groups -OCH3 is 2. The molecule has 0 saturated heterocycles. The van der Waals surface area contributed by atoms with Crippen LogP contribution in [0.4, 0.5) is 5.88 Å². The smallest absolute Gasteiger partial charge is 0.320 e. The van der Waals surface area contributed by atoms with E-state index in [1.807, 2.05) is 49.4 Å². The normalized spacial score (nSPS) is 11.2. The van der Waals surface area contributed by atoms with E-state index in [9.17, 15) is 10.4 Å². The predicted octanol–water partition coefficient (Wildman–Crippen LogP) is 3.78. The standard InChI is InChI=1S/C26H23N5O4S/c1-4-31-15-25(35-30-31)29-24(32)16-36-26-21(14-27)19(13-22(28-26)17-8-6-5-7-9-17)20-12-18(33-2)10-11-23(20)34-3/h5-13,15H,4,16H2,1-3H3. The van der Waals surface area contributed by atoms with Crippen LogP contribution in [0.3, 0.4) is 0 Å². The molecule has 36 heavy (non-hydrogen) atoms. The summed E-state index contributed by atoms with van der Waals surface area (Å²) in [7, 11) is 3.14. The van der Waals surface area contributed by atoms with Crippen LogP contribution in [0.25, 0.3) is 22.4 Å². The molecule has 9 nitrogen and oxygen atoms in total. The maximum atomic E-state index is 12.5. The van der Waals surface area contributed by atoms with E-state index in [0.717, 1.165) is 17.3 Å². The number of aliphatic imine (C=N–C) groups is 1. The molecule has 4 rings (SSSR count). The van der Waals surface area contributed by atoms with Gasteiger partial charge < -0.3 is 14.6 Å². The first-order chi connectivity index (χ1) is 17.6. The molecule has 0 unspecified atom stereocenters. The Morgan fingerprint density at radius 2 is 1.94 bits per heavy atom. The van der Waals surface area contributed by atoms with E-state index >= 15 is 0 Å². The zero-order valence-electron chi connectivity index (χ0n) is 20.0. The predicted molar refractivity (Wildman–Crippen MR) is 133 cm³/mol. The number of rotatable bonds is 9. The van der Waals surface area contributed by atoms with Gasteiger partial charge in [-0.2, -0.15) is 5.26 Å². The van der Waals surface area contributed by atoms with E-state index in [1.54, 1.807) is 32.5 Å². The van der Waals surface area contributed by atoms with Crippen LogP contribution in [0.5, 0.6) is 11.5 Å². The number of hydrogen-bond donors (Lipinski definition) is 0. The maximum absolute atomic E-state index is 12.5. The van der Waals surface area contributed by atoms with Crippen LogP contribution in [-0.4, -0.2) is 36.1 Å². The van der Waals surface area contributed by atoms with E-state index in [0.29, 0.717) is 45.5 Å². The quantitative estimate of drug-likeness (QED) is 0.147. The average molecular weight is 502 g/mol. The number of nitrogens with zero attached hydrogens (tertiary/aromatic N) is 5. The number of ether oxygens (including phenoxy) is 2. The van der Waals surface area contributed by atoms with E-state index in [-0.39, 0.29) is 11.6 Å². The van der Waals surface area contributed by atoms with Crippen molar-refractivity contribution in [3.8, 4) is 40.0 Å². The summed E-state index contributed by atoms with van der Waals surface area (Å²) in [6, 6.07) is 19.1. The van der Waals surface area contributed by atoms with E-state index in [1.165, 1.54) is 4.68 Å². The van der Waals surface area contributed by atoms with Gasteiger partial charge >= 0.3 is 5.88 Å². The van der Waals surface area contributed by atoms with Gasteiger partial charge in [0.1, 0.15) is 22.6 Å². The summed E-state index contributed by atoms with van der Waals surface area (Å²) in [6.45, 7) is 2.49. The van der Waals surface area contributed by atoms with Crippen LogP contribution < -0.4 is 19.3 Å². The number of nitriles is 1. The van der Waals surface area contributed by atoms with Crippen molar-refractivity contribution >= 4 is 23.5 Å². The van der Waals surface area contributed by atoms with Gasteiger partial charge in [0.15, 0.2) is 6.54 Å². The van der Waals surface area contributed by atoms with Crippen molar-refractivity contribution in [2.45, 2.75) is 18.5 Å². The molecular weight excluding hydrogens is 478 g/mol. The lowest BCUT2D eigenvalue weighted by molar-refractivity contribution is -0.759. The summed E-state index contributed by atoms with van der Waals surface area (Å²) in [5, 5.41) is 26.8. The Bertz CT molecular complexity index is 1430. The Labute approximate surface area is 212 Å². The molecule has 0 atom stereocenters. The topological polar surface area (TPSA) is 120 Å². The van der Waals surface area contributed by atoms with Crippen molar-refractivity contribution in [3.63, 3.8) is 0 Å². The van der Waals surface area contributed by atoms with Gasteiger partial charge in [0.2, 0.25) is 5.27 Å². The first-order valence-corrected chi connectivity index (χ1v) is 12.0. The van der Waals surface area contributed by atoms with Gasteiger partial charge in [0.25, 0.3) is 6.20 Å². The molecule has 0 N–H and O–H groups in total. The summed E-state index contributed by atoms with van der Waals surface area (Å²) < 4.78 is 17.6. The molecule has 2 heterocycles. The highest BCUT2D eigenvalue weighted by Crippen LogP contribution is 2.39. The van der Waals surface area contributed by atoms with Gasteiger partial charge in [-0.15, -0.1) is 0 Å². The molecule has 0 aliphatic rings. The number of aryl methyl sites for hydroxylation is 1. The second kappa shape index (κ2) is 11.4. The average Bonchev–Trinajstić information content (AvgIpc) is 3.38. The third-order valence-electron chi connectivity index (χ3n) is 5.25. The summed E-state index contributed by atoms with van der Waals surface area (Å²) >= 11 is 1.13. The summed E-state index contributed by atoms with van der Waals surface area (Å²) in [5.74, 6) is 0.842. The SMILES string of the molecule is CC[n+]1cc(/N=C(/[O-])CSc2nc(-c3ccccc3)cc(-c3cc(OC)ccc3OC)c2C#N)on1. The van der Waals surface area contributed by atoms with Gasteiger partial charge in [-0.3, -0.25) is 4.52 Å². The highest BCUT2D eigenvalue weighted by Gasteiger charge is 2.19. The van der Waals surface area contributed by atoms with Crippen molar-refractivity contribution in [2.24, 2.45) is 4.99 Å². The number of hydrogen-bond acceptors (Lipinski definition) is 9. The monoisotopic (exact) mass is 501 g/mol. The van der Waals surface area contributed by atoms with Crippen LogP contribution in [0.1, 0.15) is 12.5 Å². The first kappa shape index (κ1) is 24.8. The minimum Gasteiger partial charge on any atom is -0.861 e. The van der Waals surface area contributed by atoms with Crippen LogP contribution in [0.15, 0.2) is 75.3 Å². The molecule has 2 aromatic heterocycles. The fraction of sp³-hybridized carbons (Fsp3) is 0.192. The Kier molecular flexibility index (Phi) is 7.82. The van der Waals surface area contributed by atoms with Gasteiger partial charge in [-0.05, 0) is 37.1 Å². The third-order valence-corrected chi connectivity index (χ3v) is 6.21. The number of thioether (sulfide) groups is 1. The highest BCUT2D eigenvalue weighted by molar-refractivity contribution is 8.00. The van der Waals surface area contributed by atoms with E-state index < -0.39 is 5.90 Å². The van der Waals surface area contributed by atoms with Crippen molar-refractivity contribution < 1.29 is 23.8 Å². The molecular formula is C26H23N5O4S. The minimum atomic E-state index is -0.435. The Morgan fingerprint density at radius 3 is 2.61 bits per heavy atom. The molecule has 0 radical (unpaired) electrons. The zero-order valence-corrected chi connectivity index (χ0v) is 20.8. The molecule has 0 aliphatic carbocycles. The summed E-state index contributed by atoms with van der Waals surface area (Å²) in [5.41, 5.74) is 3.14. The van der Waals surface area contributed by atoms with E-state index in [4.69, 9.17) is 19.0 Å². The van der Waals surface area contributed by atoms with Crippen molar-refractivity contribution in [1.82, 2.24) is 10.3 Å². The van der Waals surface area contributed by atoms with Gasteiger partial charge in [0, 0.05) is 22.4 Å².